The van der Waals surface area contributed by atoms with E-state index in [1.54, 1.807) is 6.20 Å². The van der Waals surface area contributed by atoms with Gasteiger partial charge in [-0.3, -0.25) is 9.69 Å². The molecule has 1 aromatic rings. The lowest BCUT2D eigenvalue weighted by Crippen LogP contribution is -2.40. The first-order chi connectivity index (χ1) is 9.13. The fraction of sp³-hybridized carbons (Fsp3) is 0.714. The van der Waals surface area contributed by atoms with Gasteiger partial charge in [0.2, 0.25) is 5.91 Å². The molecular weight excluding hydrogens is 240 g/mol. The highest BCUT2D eigenvalue weighted by atomic mass is 16.2. The molecular formula is C14H24N4O. The minimum absolute atomic E-state index is 0.0620. The van der Waals surface area contributed by atoms with Crippen molar-refractivity contribution in [2.24, 2.45) is 0 Å². The van der Waals surface area contributed by atoms with Gasteiger partial charge in [-0.1, -0.05) is 6.92 Å². The van der Waals surface area contributed by atoms with Crippen LogP contribution in [0.15, 0.2) is 12.3 Å². The summed E-state index contributed by atoms with van der Waals surface area (Å²) >= 11 is 0. The van der Waals surface area contributed by atoms with Crippen molar-refractivity contribution in [2.75, 3.05) is 18.4 Å². The van der Waals surface area contributed by atoms with E-state index in [1.165, 1.54) is 12.8 Å². The van der Waals surface area contributed by atoms with Crippen molar-refractivity contribution >= 4 is 11.7 Å². The van der Waals surface area contributed by atoms with Crippen LogP contribution in [0.1, 0.15) is 46.1 Å². The van der Waals surface area contributed by atoms with Crippen LogP contribution in [0, 0.1) is 0 Å². The molecule has 2 rings (SSSR count). The Morgan fingerprint density at radius 1 is 1.42 bits per heavy atom. The van der Waals surface area contributed by atoms with E-state index in [2.05, 4.69) is 29.2 Å². The summed E-state index contributed by atoms with van der Waals surface area (Å²) in [5.41, 5.74) is 0. The maximum atomic E-state index is 12.3. The van der Waals surface area contributed by atoms with Crippen molar-refractivity contribution in [2.45, 2.75) is 52.1 Å². The van der Waals surface area contributed by atoms with E-state index in [4.69, 9.17) is 0 Å². The average Bonchev–Trinajstić information content (AvgIpc) is 3.07. The van der Waals surface area contributed by atoms with Gasteiger partial charge in [0.05, 0.1) is 18.3 Å². The van der Waals surface area contributed by atoms with Gasteiger partial charge in [-0.25, -0.2) is 4.68 Å². The zero-order chi connectivity index (χ0) is 13.8. The first-order valence-corrected chi connectivity index (χ1v) is 7.22. The van der Waals surface area contributed by atoms with Crippen molar-refractivity contribution in [1.82, 2.24) is 14.7 Å². The second kappa shape index (κ2) is 6.19. The molecule has 1 amide bonds. The summed E-state index contributed by atoms with van der Waals surface area (Å²) in [6.45, 7) is 8.25. The Hall–Kier alpha value is -1.36. The summed E-state index contributed by atoms with van der Waals surface area (Å²) < 4.78 is 1.88. The quantitative estimate of drug-likeness (QED) is 0.887. The third kappa shape index (κ3) is 3.15. The zero-order valence-corrected chi connectivity index (χ0v) is 12.1. The summed E-state index contributed by atoms with van der Waals surface area (Å²) in [5, 5.41) is 7.29. The smallest absolute Gasteiger partial charge is 0.242 e. The predicted molar refractivity (Wildman–Crippen MR) is 76.1 cm³/mol. The van der Waals surface area contributed by atoms with Gasteiger partial charge in [-0.15, -0.1) is 0 Å². The number of hydrogen-bond donors (Lipinski definition) is 1. The number of rotatable bonds is 5. The van der Waals surface area contributed by atoms with E-state index < -0.39 is 0 Å². The van der Waals surface area contributed by atoms with Crippen molar-refractivity contribution in [3.8, 4) is 0 Å². The minimum atomic E-state index is -0.0669. The maximum Gasteiger partial charge on any atom is 0.242 e. The molecule has 1 aromatic heterocycles. The zero-order valence-electron chi connectivity index (χ0n) is 12.1. The van der Waals surface area contributed by atoms with E-state index >= 15 is 0 Å². The highest BCUT2D eigenvalue weighted by Crippen LogP contribution is 2.18. The molecule has 1 aliphatic rings. The van der Waals surface area contributed by atoms with E-state index in [9.17, 15) is 4.79 Å². The molecule has 106 valence electrons. The second-order valence-electron chi connectivity index (χ2n) is 5.33. The van der Waals surface area contributed by atoms with Crippen LogP contribution in [-0.2, 0) is 4.79 Å². The standard InChI is InChI=1S/C14H24N4O/c1-4-11(2)18-13(7-8-15-18)16-14(19)12(3)17-9-5-6-10-17/h7-8,11-12H,4-6,9-10H2,1-3H3,(H,16,19)/t11-,12+/m1/s1. The van der Waals surface area contributed by atoms with E-state index in [-0.39, 0.29) is 11.9 Å². The van der Waals surface area contributed by atoms with E-state index in [0.29, 0.717) is 6.04 Å². The Labute approximate surface area is 115 Å². The number of anilines is 1. The largest absolute Gasteiger partial charge is 0.310 e. The van der Waals surface area contributed by atoms with Crippen LogP contribution in [0.5, 0.6) is 0 Å². The number of aromatic nitrogens is 2. The molecule has 0 spiro atoms. The Morgan fingerprint density at radius 3 is 2.74 bits per heavy atom. The third-order valence-corrected chi connectivity index (χ3v) is 4.00. The van der Waals surface area contributed by atoms with E-state index in [1.807, 2.05) is 17.7 Å². The van der Waals surface area contributed by atoms with Crippen molar-refractivity contribution < 1.29 is 4.79 Å². The van der Waals surface area contributed by atoms with Crippen molar-refractivity contribution in [1.29, 1.82) is 0 Å². The molecule has 0 aromatic carbocycles. The number of hydrogen-bond acceptors (Lipinski definition) is 3. The Morgan fingerprint density at radius 2 is 2.11 bits per heavy atom. The summed E-state index contributed by atoms with van der Waals surface area (Å²) in [6, 6.07) is 2.09. The van der Waals surface area contributed by atoms with Crippen molar-refractivity contribution in [3.05, 3.63) is 12.3 Å². The lowest BCUT2D eigenvalue weighted by molar-refractivity contribution is -0.120. The number of carbonyl (C=O) groups is 1. The molecule has 2 heterocycles. The van der Waals surface area contributed by atoms with Gasteiger partial charge in [0, 0.05) is 6.07 Å². The Balaban J connectivity index is 2.00. The molecule has 5 nitrogen and oxygen atoms in total. The van der Waals surface area contributed by atoms with Gasteiger partial charge in [0.15, 0.2) is 0 Å². The molecule has 1 N–H and O–H groups in total. The van der Waals surface area contributed by atoms with Crippen LogP contribution in [0.4, 0.5) is 5.82 Å². The Bertz CT molecular complexity index is 423. The topological polar surface area (TPSA) is 50.2 Å². The van der Waals surface area contributed by atoms with Crippen LogP contribution in [0.2, 0.25) is 0 Å². The van der Waals surface area contributed by atoms with E-state index in [0.717, 1.165) is 25.3 Å². The monoisotopic (exact) mass is 264 g/mol. The number of likely N-dealkylation sites (tertiary alicyclic amines) is 1. The average molecular weight is 264 g/mol. The van der Waals surface area contributed by atoms with Gasteiger partial charge < -0.3 is 5.32 Å². The fourth-order valence-corrected chi connectivity index (χ4v) is 2.46. The molecule has 0 saturated carbocycles. The van der Waals surface area contributed by atoms with Gasteiger partial charge in [0.1, 0.15) is 5.82 Å². The summed E-state index contributed by atoms with van der Waals surface area (Å²) in [5.74, 6) is 0.859. The SMILES string of the molecule is CC[C@@H](C)n1nccc1NC(=O)[C@H](C)N1CCCC1. The molecule has 0 unspecified atom stereocenters. The summed E-state index contributed by atoms with van der Waals surface area (Å²) in [6.07, 6.45) is 5.12. The number of nitrogens with one attached hydrogen (secondary N) is 1. The minimum Gasteiger partial charge on any atom is -0.310 e. The first kappa shape index (κ1) is 14.1. The van der Waals surface area contributed by atoms with Crippen LogP contribution in [-0.4, -0.2) is 39.7 Å². The summed E-state index contributed by atoms with van der Waals surface area (Å²) in [4.78, 5) is 14.5. The van der Waals surface area contributed by atoms with Crippen LogP contribution in [0.3, 0.4) is 0 Å². The van der Waals surface area contributed by atoms with Gasteiger partial charge >= 0.3 is 0 Å². The van der Waals surface area contributed by atoms with Gasteiger partial charge in [0.25, 0.3) is 0 Å². The van der Waals surface area contributed by atoms with Crippen LogP contribution in [0.25, 0.3) is 0 Å². The third-order valence-electron chi connectivity index (χ3n) is 4.00. The molecule has 1 saturated heterocycles. The lowest BCUT2D eigenvalue weighted by atomic mass is 10.2. The normalized spacial score (nSPS) is 19.3. The number of nitrogens with zero attached hydrogens (tertiary/aromatic N) is 3. The Kier molecular flexibility index (Phi) is 4.58. The number of amides is 1. The molecule has 0 aliphatic carbocycles. The molecule has 19 heavy (non-hydrogen) atoms. The van der Waals surface area contributed by atoms with Crippen LogP contribution < -0.4 is 5.32 Å². The van der Waals surface area contributed by atoms with Crippen LogP contribution >= 0.6 is 0 Å². The molecule has 0 radical (unpaired) electrons. The predicted octanol–water partition coefficient (Wildman–Crippen LogP) is 2.28. The highest BCUT2D eigenvalue weighted by Gasteiger charge is 2.24. The maximum absolute atomic E-state index is 12.3. The molecule has 1 aliphatic heterocycles. The highest BCUT2D eigenvalue weighted by molar-refractivity contribution is 5.93. The molecule has 2 atom stereocenters. The lowest BCUT2D eigenvalue weighted by Gasteiger charge is -2.23. The molecule has 0 bridgehead atoms. The van der Waals surface area contributed by atoms with Gasteiger partial charge in [-0.05, 0) is 46.2 Å². The first-order valence-electron chi connectivity index (χ1n) is 7.22. The van der Waals surface area contributed by atoms with Crippen molar-refractivity contribution in [3.63, 3.8) is 0 Å². The van der Waals surface area contributed by atoms with Gasteiger partial charge in [-0.2, -0.15) is 5.10 Å². The number of carbonyl (C=O) groups excluding carboxylic acids is 1. The molecule has 5 heteroatoms. The molecule has 1 fully saturated rings. The summed E-state index contributed by atoms with van der Waals surface area (Å²) in [7, 11) is 0. The fourth-order valence-electron chi connectivity index (χ4n) is 2.46. The second-order valence-corrected chi connectivity index (χ2v) is 5.33.